The Morgan fingerprint density at radius 3 is 2.44 bits per heavy atom. The molecule has 2 heterocycles. The van der Waals surface area contributed by atoms with Gasteiger partial charge >= 0.3 is 0 Å². The maximum absolute atomic E-state index is 12.9. The number of nitriles is 1. The van der Waals surface area contributed by atoms with Gasteiger partial charge in [0, 0.05) is 43.8 Å². The van der Waals surface area contributed by atoms with Gasteiger partial charge in [0.15, 0.2) is 4.91 Å². The molecule has 2 aromatic carbocycles. The first-order valence-corrected chi connectivity index (χ1v) is 15.3. The predicted octanol–water partition coefficient (Wildman–Crippen LogP) is 2.74. The van der Waals surface area contributed by atoms with Gasteiger partial charge in [-0.25, -0.2) is 13.1 Å². The van der Waals surface area contributed by atoms with E-state index in [4.69, 9.17) is 4.74 Å². The maximum Gasteiger partial charge on any atom is 0.250 e. The minimum atomic E-state index is -4.25. The molecule has 11 heteroatoms. The van der Waals surface area contributed by atoms with Crippen LogP contribution >= 0.6 is 0 Å². The van der Waals surface area contributed by atoms with Crippen molar-refractivity contribution in [1.29, 1.82) is 5.26 Å². The lowest BCUT2D eigenvalue weighted by atomic mass is 10.0. The van der Waals surface area contributed by atoms with Crippen molar-refractivity contribution in [3.63, 3.8) is 0 Å². The first kappa shape index (κ1) is 30.7. The summed E-state index contributed by atoms with van der Waals surface area (Å²) < 4.78 is 35.1. The fourth-order valence-corrected chi connectivity index (χ4v) is 6.02. The summed E-state index contributed by atoms with van der Waals surface area (Å²) in [4.78, 5) is 1.89. The van der Waals surface area contributed by atoms with Crippen LogP contribution in [0.4, 0.5) is 5.69 Å². The molecule has 0 aliphatic carbocycles. The maximum atomic E-state index is 12.9. The number of ether oxygens (including phenoxy) is 1. The molecule has 1 fully saturated rings. The fraction of sp³-hybridized carbons (Fsp3) is 0.433. The highest BCUT2D eigenvalue weighted by Crippen LogP contribution is 2.29. The van der Waals surface area contributed by atoms with Gasteiger partial charge in [-0.3, -0.25) is 0 Å². The molecule has 10 nitrogen and oxygen atoms in total. The summed E-state index contributed by atoms with van der Waals surface area (Å²) in [5.41, 5.74) is 3.53. The Hall–Kier alpha value is -3.24. The van der Waals surface area contributed by atoms with Gasteiger partial charge in [-0.2, -0.15) is 5.26 Å². The number of benzene rings is 2. The molecule has 0 saturated carbocycles. The fourth-order valence-electron chi connectivity index (χ4n) is 5.08. The standard InChI is InChI=1S/C30H38N4O6S/c1-4-12-34(13-5-2)24-9-8-20-14-22(7-6-21(20)15-24)26-11-10-23(33(26)3)16-25(17-31)41(38,39)32-18-28-30(37)29(36)27(35)19-40-28/h6-11,14-16,27-30,32,35-37H,4-5,12-13,18-19H2,1-3H3/b25-16+/t27-,28+,29+,30+/m0/s1. The van der Waals surface area contributed by atoms with Gasteiger partial charge in [-0.05, 0) is 65.6 Å². The van der Waals surface area contributed by atoms with E-state index in [-0.39, 0.29) is 13.2 Å². The van der Waals surface area contributed by atoms with E-state index in [9.17, 15) is 29.0 Å². The molecule has 0 spiro atoms. The van der Waals surface area contributed by atoms with E-state index in [1.54, 1.807) is 19.2 Å². The lowest BCUT2D eigenvalue weighted by molar-refractivity contribution is -0.184. The average molecular weight is 583 g/mol. The van der Waals surface area contributed by atoms with Gasteiger partial charge in [0.2, 0.25) is 0 Å². The van der Waals surface area contributed by atoms with Crippen molar-refractivity contribution >= 4 is 32.6 Å². The van der Waals surface area contributed by atoms with E-state index >= 15 is 0 Å². The zero-order valence-electron chi connectivity index (χ0n) is 23.6. The molecule has 1 aliphatic rings. The van der Waals surface area contributed by atoms with Crippen LogP contribution in [0.25, 0.3) is 28.1 Å². The van der Waals surface area contributed by atoms with Crippen molar-refractivity contribution in [3.8, 4) is 17.3 Å². The number of aliphatic hydroxyl groups is 3. The number of nitrogens with zero attached hydrogens (tertiary/aromatic N) is 3. The summed E-state index contributed by atoms with van der Waals surface area (Å²) in [6.45, 7) is 5.76. The SMILES string of the molecule is CCCN(CCC)c1ccc2cc(-c3ccc(/C=C(\C#N)S(=O)(=O)NC[C@H]4OC[C@H](O)[C@@H](O)[C@@H]4O)n3C)ccc2c1. The molecule has 220 valence electrons. The van der Waals surface area contributed by atoms with Gasteiger partial charge in [0.25, 0.3) is 10.0 Å². The van der Waals surface area contributed by atoms with Gasteiger partial charge in [-0.15, -0.1) is 0 Å². The van der Waals surface area contributed by atoms with Crippen LogP contribution < -0.4 is 9.62 Å². The number of rotatable bonds is 11. The number of anilines is 1. The highest BCUT2D eigenvalue weighted by Gasteiger charge is 2.38. The molecule has 41 heavy (non-hydrogen) atoms. The largest absolute Gasteiger partial charge is 0.388 e. The average Bonchev–Trinajstić information content (AvgIpc) is 3.33. The van der Waals surface area contributed by atoms with Crippen LogP contribution in [0.5, 0.6) is 0 Å². The zero-order chi connectivity index (χ0) is 29.7. The molecular formula is C30H38N4O6S. The number of fused-ring (bicyclic) bond motifs is 1. The van der Waals surface area contributed by atoms with Gasteiger partial charge in [-0.1, -0.05) is 32.0 Å². The highest BCUT2D eigenvalue weighted by molar-refractivity contribution is 7.93. The minimum absolute atomic E-state index is 0.246. The van der Waals surface area contributed by atoms with Crippen molar-refractivity contribution in [2.45, 2.75) is 51.1 Å². The van der Waals surface area contributed by atoms with Crippen molar-refractivity contribution in [2.75, 3.05) is 31.1 Å². The molecule has 3 aromatic rings. The van der Waals surface area contributed by atoms with Crippen molar-refractivity contribution in [3.05, 3.63) is 59.1 Å². The molecule has 0 unspecified atom stereocenters. The third-order valence-corrected chi connectivity index (χ3v) is 8.73. The second-order valence-corrected chi connectivity index (χ2v) is 12.1. The van der Waals surface area contributed by atoms with Crippen LogP contribution in [0.3, 0.4) is 0 Å². The Morgan fingerprint density at radius 2 is 1.76 bits per heavy atom. The third-order valence-electron chi connectivity index (χ3n) is 7.39. The zero-order valence-corrected chi connectivity index (χ0v) is 24.4. The Balaban J connectivity index is 1.54. The lowest BCUT2D eigenvalue weighted by Gasteiger charge is -2.35. The van der Waals surface area contributed by atoms with Crippen LogP contribution in [0, 0.1) is 11.3 Å². The summed E-state index contributed by atoms with van der Waals surface area (Å²) in [5, 5.41) is 41.4. The summed E-state index contributed by atoms with van der Waals surface area (Å²) >= 11 is 0. The van der Waals surface area contributed by atoms with E-state index in [2.05, 4.69) is 53.8 Å². The molecule has 4 N–H and O–H groups in total. The number of hydrogen-bond donors (Lipinski definition) is 4. The van der Waals surface area contributed by atoms with Gasteiger partial charge in [0.05, 0.1) is 12.7 Å². The molecule has 1 aliphatic heterocycles. The Morgan fingerprint density at radius 1 is 1.07 bits per heavy atom. The third kappa shape index (κ3) is 6.81. The van der Waals surface area contributed by atoms with E-state index in [0.717, 1.165) is 48.0 Å². The first-order chi connectivity index (χ1) is 19.6. The van der Waals surface area contributed by atoms with Crippen molar-refractivity contribution in [1.82, 2.24) is 9.29 Å². The lowest BCUT2D eigenvalue weighted by Crippen LogP contribution is -2.56. The molecule has 1 saturated heterocycles. The quantitative estimate of drug-likeness (QED) is 0.252. The smallest absolute Gasteiger partial charge is 0.250 e. The molecule has 0 radical (unpaired) electrons. The summed E-state index contributed by atoms with van der Waals surface area (Å²) in [6.07, 6.45) is -1.83. The molecule has 0 amide bonds. The number of aliphatic hydroxyl groups excluding tert-OH is 3. The molecular weight excluding hydrogens is 544 g/mol. The van der Waals surface area contributed by atoms with Crippen LogP contribution in [-0.2, 0) is 21.8 Å². The van der Waals surface area contributed by atoms with Crippen molar-refractivity contribution in [2.24, 2.45) is 7.05 Å². The number of aromatic nitrogens is 1. The van der Waals surface area contributed by atoms with Crippen LogP contribution in [0.15, 0.2) is 53.4 Å². The Kier molecular flexibility index (Phi) is 9.86. The van der Waals surface area contributed by atoms with Crippen LogP contribution in [0.2, 0.25) is 0 Å². The van der Waals surface area contributed by atoms with Gasteiger partial charge < -0.3 is 29.5 Å². The summed E-state index contributed by atoms with van der Waals surface area (Å²) in [5.74, 6) is 0. The van der Waals surface area contributed by atoms with Gasteiger partial charge in [0.1, 0.15) is 24.4 Å². The number of allylic oxidation sites excluding steroid dienone is 1. The van der Waals surface area contributed by atoms with Crippen LogP contribution in [0.1, 0.15) is 32.4 Å². The molecule has 4 rings (SSSR count). The number of sulfonamides is 1. The van der Waals surface area contributed by atoms with Crippen LogP contribution in [-0.4, -0.2) is 79.0 Å². The van der Waals surface area contributed by atoms with E-state index in [0.29, 0.717) is 5.69 Å². The van der Waals surface area contributed by atoms with Crippen molar-refractivity contribution < 1.29 is 28.5 Å². The van der Waals surface area contributed by atoms with E-state index < -0.39 is 39.3 Å². The summed E-state index contributed by atoms with van der Waals surface area (Å²) in [7, 11) is -2.45. The summed E-state index contributed by atoms with van der Waals surface area (Å²) in [6, 6.07) is 18.0. The highest BCUT2D eigenvalue weighted by atomic mass is 32.2. The number of hydrogen-bond acceptors (Lipinski definition) is 8. The Bertz CT molecular complexity index is 1540. The molecule has 0 bridgehead atoms. The normalized spacial score (nSPS) is 21.6. The topological polar surface area (TPSA) is 148 Å². The second-order valence-electron chi connectivity index (χ2n) is 10.3. The Labute approximate surface area is 241 Å². The minimum Gasteiger partial charge on any atom is -0.388 e. The molecule has 1 aromatic heterocycles. The molecule has 4 atom stereocenters. The van der Waals surface area contributed by atoms with E-state index in [1.165, 1.54) is 11.8 Å². The second kappa shape index (κ2) is 13.2. The number of nitrogens with one attached hydrogen (secondary N) is 1. The monoisotopic (exact) mass is 582 g/mol. The van der Waals surface area contributed by atoms with E-state index in [1.807, 2.05) is 16.7 Å². The predicted molar refractivity (Wildman–Crippen MR) is 159 cm³/mol. The first-order valence-electron chi connectivity index (χ1n) is 13.8.